The van der Waals surface area contributed by atoms with Gasteiger partial charge in [-0.3, -0.25) is 4.79 Å². The highest BCUT2D eigenvalue weighted by molar-refractivity contribution is 5.96. The molecule has 0 radical (unpaired) electrons. The van der Waals surface area contributed by atoms with Gasteiger partial charge in [-0.15, -0.1) is 0 Å². The van der Waals surface area contributed by atoms with Gasteiger partial charge in [-0.05, 0) is 6.42 Å². The molecule has 0 fully saturated rings. The number of hydrogen-bond acceptors (Lipinski definition) is 4. The fourth-order valence-corrected chi connectivity index (χ4v) is 1.18. The molecule has 0 saturated carbocycles. The number of nitrogens with one attached hydrogen (secondary N) is 1. The average molecular weight is 208 g/mol. The normalized spacial score (nSPS) is 9.93. The molecule has 5 nitrogen and oxygen atoms in total. The Morgan fingerprint density at radius 3 is 2.80 bits per heavy atom. The van der Waals surface area contributed by atoms with Crippen molar-refractivity contribution in [1.29, 1.82) is 0 Å². The van der Waals surface area contributed by atoms with E-state index in [0.717, 1.165) is 19.3 Å². The third-order valence-electron chi connectivity index (χ3n) is 2.01. The molecule has 0 unspecified atom stereocenters. The van der Waals surface area contributed by atoms with Gasteiger partial charge in [0.2, 0.25) is 0 Å². The summed E-state index contributed by atoms with van der Waals surface area (Å²) < 4.78 is 0. The van der Waals surface area contributed by atoms with E-state index in [0.29, 0.717) is 6.54 Å². The van der Waals surface area contributed by atoms with Crippen LogP contribution in [0.5, 0.6) is 0 Å². The van der Waals surface area contributed by atoms with E-state index < -0.39 is 0 Å². The smallest absolute Gasteiger partial charge is 0.273 e. The zero-order valence-electron chi connectivity index (χ0n) is 8.86. The van der Waals surface area contributed by atoms with Crippen molar-refractivity contribution < 1.29 is 4.79 Å². The lowest BCUT2D eigenvalue weighted by atomic mass is 10.2. The molecule has 0 spiro atoms. The number of anilines is 1. The highest BCUT2D eigenvalue weighted by atomic mass is 16.1. The van der Waals surface area contributed by atoms with E-state index in [1.807, 2.05) is 0 Å². The maximum atomic E-state index is 11.5. The van der Waals surface area contributed by atoms with Crippen LogP contribution in [0.2, 0.25) is 0 Å². The monoisotopic (exact) mass is 208 g/mol. The quantitative estimate of drug-likeness (QED) is 0.707. The molecular weight excluding hydrogens is 192 g/mol. The summed E-state index contributed by atoms with van der Waals surface area (Å²) in [6.45, 7) is 2.77. The number of carbonyl (C=O) groups is 1. The van der Waals surface area contributed by atoms with Crippen LogP contribution in [0.15, 0.2) is 12.4 Å². The molecule has 0 bridgehead atoms. The summed E-state index contributed by atoms with van der Waals surface area (Å²) >= 11 is 0. The van der Waals surface area contributed by atoms with Crippen molar-refractivity contribution in [3.63, 3.8) is 0 Å². The standard InChI is InChI=1S/C10H16N4O/c1-2-3-4-5-14-10(15)8-9(11)13-7-6-12-8/h6-7H,2-5H2,1H3,(H2,11,13)(H,14,15). The predicted molar refractivity (Wildman–Crippen MR) is 58.3 cm³/mol. The van der Waals surface area contributed by atoms with Crippen LogP contribution in [0.1, 0.15) is 36.7 Å². The van der Waals surface area contributed by atoms with Crippen molar-refractivity contribution in [1.82, 2.24) is 15.3 Å². The Morgan fingerprint density at radius 2 is 2.13 bits per heavy atom. The first-order valence-corrected chi connectivity index (χ1v) is 5.10. The first-order valence-electron chi connectivity index (χ1n) is 5.10. The number of amides is 1. The Balaban J connectivity index is 2.44. The average Bonchev–Trinajstić information content (AvgIpc) is 2.25. The maximum Gasteiger partial charge on any atom is 0.273 e. The minimum atomic E-state index is -0.253. The molecule has 3 N–H and O–H groups in total. The zero-order chi connectivity index (χ0) is 11.1. The minimum absolute atomic E-state index is 0.172. The molecule has 0 atom stereocenters. The summed E-state index contributed by atoms with van der Waals surface area (Å²) in [5, 5.41) is 2.75. The second-order valence-electron chi connectivity index (χ2n) is 3.25. The largest absolute Gasteiger partial charge is 0.382 e. The Bertz CT molecular complexity index is 327. The van der Waals surface area contributed by atoms with Crippen LogP contribution in [-0.4, -0.2) is 22.4 Å². The van der Waals surface area contributed by atoms with Gasteiger partial charge in [0.25, 0.3) is 5.91 Å². The van der Waals surface area contributed by atoms with Crippen molar-refractivity contribution in [2.24, 2.45) is 0 Å². The van der Waals surface area contributed by atoms with Crippen LogP contribution in [0, 0.1) is 0 Å². The third kappa shape index (κ3) is 3.53. The topological polar surface area (TPSA) is 80.9 Å². The van der Waals surface area contributed by atoms with Crippen LogP contribution >= 0.6 is 0 Å². The van der Waals surface area contributed by atoms with Crippen molar-refractivity contribution in [3.05, 3.63) is 18.1 Å². The fraction of sp³-hybridized carbons (Fsp3) is 0.500. The molecule has 1 rings (SSSR count). The van der Waals surface area contributed by atoms with Crippen LogP contribution in [0.3, 0.4) is 0 Å². The number of rotatable bonds is 5. The Hall–Kier alpha value is -1.65. The number of nitrogens with two attached hydrogens (primary N) is 1. The molecule has 0 aliphatic carbocycles. The van der Waals surface area contributed by atoms with E-state index >= 15 is 0 Å². The molecule has 1 aromatic heterocycles. The summed E-state index contributed by atoms with van der Waals surface area (Å²) in [5.41, 5.74) is 5.72. The summed E-state index contributed by atoms with van der Waals surface area (Å²) in [5.74, 6) is -0.0813. The predicted octanol–water partition coefficient (Wildman–Crippen LogP) is 0.979. The van der Waals surface area contributed by atoms with Crippen LogP contribution < -0.4 is 11.1 Å². The van der Waals surface area contributed by atoms with E-state index in [1.165, 1.54) is 12.4 Å². The van der Waals surface area contributed by atoms with Gasteiger partial charge in [0.1, 0.15) is 0 Å². The Labute approximate surface area is 89.1 Å². The van der Waals surface area contributed by atoms with Crippen molar-refractivity contribution >= 4 is 11.7 Å². The van der Waals surface area contributed by atoms with Gasteiger partial charge < -0.3 is 11.1 Å². The zero-order valence-corrected chi connectivity index (χ0v) is 8.86. The molecule has 0 aliphatic rings. The van der Waals surface area contributed by atoms with Gasteiger partial charge in [-0.1, -0.05) is 19.8 Å². The van der Waals surface area contributed by atoms with Gasteiger partial charge in [0, 0.05) is 18.9 Å². The Kier molecular flexibility index (Phi) is 4.53. The van der Waals surface area contributed by atoms with Crippen LogP contribution in [0.25, 0.3) is 0 Å². The van der Waals surface area contributed by atoms with Gasteiger partial charge >= 0.3 is 0 Å². The van der Waals surface area contributed by atoms with Gasteiger partial charge in [0.05, 0.1) is 0 Å². The fourth-order valence-electron chi connectivity index (χ4n) is 1.18. The second kappa shape index (κ2) is 5.95. The van der Waals surface area contributed by atoms with E-state index in [-0.39, 0.29) is 17.4 Å². The molecule has 82 valence electrons. The number of carbonyl (C=O) groups excluding carboxylic acids is 1. The molecular formula is C10H16N4O. The van der Waals surface area contributed by atoms with Crippen LogP contribution in [0.4, 0.5) is 5.82 Å². The molecule has 0 aliphatic heterocycles. The lowest BCUT2D eigenvalue weighted by Crippen LogP contribution is -2.26. The molecule has 1 heterocycles. The number of nitrogens with zero attached hydrogens (tertiary/aromatic N) is 2. The van der Waals surface area contributed by atoms with Gasteiger partial charge in [-0.2, -0.15) is 0 Å². The third-order valence-corrected chi connectivity index (χ3v) is 2.01. The number of hydrogen-bond donors (Lipinski definition) is 2. The number of unbranched alkanes of at least 4 members (excludes halogenated alkanes) is 2. The first kappa shape index (κ1) is 11.4. The molecule has 1 amide bonds. The van der Waals surface area contributed by atoms with Crippen molar-refractivity contribution in [2.75, 3.05) is 12.3 Å². The van der Waals surface area contributed by atoms with E-state index in [9.17, 15) is 4.79 Å². The lowest BCUT2D eigenvalue weighted by Gasteiger charge is -2.04. The molecule has 0 aromatic carbocycles. The van der Waals surface area contributed by atoms with Crippen molar-refractivity contribution in [2.45, 2.75) is 26.2 Å². The second-order valence-corrected chi connectivity index (χ2v) is 3.25. The number of nitrogen functional groups attached to an aromatic ring is 1. The molecule has 15 heavy (non-hydrogen) atoms. The summed E-state index contributed by atoms with van der Waals surface area (Å²) in [7, 11) is 0. The number of aromatic nitrogens is 2. The van der Waals surface area contributed by atoms with Crippen molar-refractivity contribution in [3.8, 4) is 0 Å². The SMILES string of the molecule is CCCCCNC(=O)c1nccnc1N. The molecule has 1 aromatic rings. The highest BCUT2D eigenvalue weighted by Gasteiger charge is 2.10. The van der Waals surface area contributed by atoms with Gasteiger partial charge in [0.15, 0.2) is 11.5 Å². The highest BCUT2D eigenvalue weighted by Crippen LogP contribution is 2.02. The maximum absolute atomic E-state index is 11.5. The first-order chi connectivity index (χ1) is 7.25. The lowest BCUT2D eigenvalue weighted by molar-refractivity contribution is 0.0948. The van der Waals surface area contributed by atoms with Crippen LogP contribution in [-0.2, 0) is 0 Å². The summed E-state index contributed by atoms with van der Waals surface area (Å²) in [4.78, 5) is 19.2. The Morgan fingerprint density at radius 1 is 1.40 bits per heavy atom. The van der Waals surface area contributed by atoms with E-state index in [2.05, 4.69) is 22.2 Å². The van der Waals surface area contributed by atoms with Gasteiger partial charge in [-0.25, -0.2) is 9.97 Å². The summed E-state index contributed by atoms with van der Waals surface area (Å²) in [6, 6.07) is 0. The minimum Gasteiger partial charge on any atom is -0.382 e. The van der Waals surface area contributed by atoms with E-state index in [4.69, 9.17) is 5.73 Å². The summed E-state index contributed by atoms with van der Waals surface area (Å²) in [6.07, 6.45) is 6.13. The molecule has 5 heteroatoms. The molecule has 0 saturated heterocycles. The van der Waals surface area contributed by atoms with E-state index in [1.54, 1.807) is 0 Å².